The van der Waals surface area contributed by atoms with Gasteiger partial charge in [-0.25, -0.2) is 4.98 Å². The van der Waals surface area contributed by atoms with Crippen LogP contribution >= 0.6 is 11.6 Å². The van der Waals surface area contributed by atoms with Crippen LogP contribution in [0.5, 0.6) is 0 Å². The smallest absolute Gasteiger partial charge is 0.226 e. The van der Waals surface area contributed by atoms with Crippen molar-refractivity contribution in [3.05, 3.63) is 11.6 Å². The van der Waals surface area contributed by atoms with Crippen LogP contribution in [-0.2, 0) is 4.79 Å². The number of halogens is 1. The highest BCUT2D eigenvalue weighted by atomic mass is 35.5. The van der Waals surface area contributed by atoms with Gasteiger partial charge in [-0.05, 0) is 38.5 Å². The van der Waals surface area contributed by atoms with Gasteiger partial charge in [0, 0.05) is 26.2 Å². The molecule has 24 heavy (non-hydrogen) atoms. The number of H-pyrrole nitrogens is 1. The number of carbonyl (C=O) groups is 1. The van der Waals surface area contributed by atoms with Gasteiger partial charge in [0.15, 0.2) is 11.5 Å². The van der Waals surface area contributed by atoms with Crippen LogP contribution < -0.4 is 10.2 Å². The summed E-state index contributed by atoms with van der Waals surface area (Å²) in [6.07, 6.45) is 3.40. The SMILES string of the molecule is CN(C)CCNC(=O)C1CCCN(c2nc(Cl)nc3nc[nH]c23)C1. The number of hydrogen-bond donors (Lipinski definition) is 2. The lowest BCUT2D eigenvalue weighted by Crippen LogP contribution is -2.44. The summed E-state index contributed by atoms with van der Waals surface area (Å²) < 4.78 is 0. The number of carbonyl (C=O) groups excluding carboxylic acids is 1. The number of nitrogens with one attached hydrogen (secondary N) is 2. The van der Waals surface area contributed by atoms with Gasteiger partial charge in [0.05, 0.1) is 12.2 Å². The Morgan fingerprint density at radius 3 is 3.12 bits per heavy atom. The fourth-order valence-electron chi connectivity index (χ4n) is 2.95. The lowest BCUT2D eigenvalue weighted by atomic mass is 9.97. The Morgan fingerprint density at radius 2 is 2.33 bits per heavy atom. The predicted molar refractivity (Wildman–Crippen MR) is 93.2 cm³/mol. The summed E-state index contributed by atoms with van der Waals surface area (Å²) in [5.41, 5.74) is 1.30. The first-order chi connectivity index (χ1) is 11.5. The molecule has 0 saturated carbocycles. The third-order valence-electron chi connectivity index (χ3n) is 4.19. The minimum atomic E-state index is -0.0485. The summed E-state index contributed by atoms with van der Waals surface area (Å²) in [6, 6.07) is 0. The molecule has 0 aliphatic carbocycles. The van der Waals surface area contributed by atoms with Crippen LogP contribution in [0.4, 0.5) is 5.82 Å². The molecule has 3 rings (SSSR count). The van der Waals surface area contributed by atoms with Gasteiger partial charge >= 0.3 is 0 Å². The van der Waals surface area contributed by atoms with Gasteiger partial charge in [-0.1, -0.05) is 0 Å². The van der Waals surface area contributed by atoms with Gasteiger partial charge in [0.25, 0.3) is 0 Å². The lowest BCUT2D eigenvalue weighted by Gasteiger charge is -2.33. The van der Waals surface area contributed by atoms with Gasteiger partial charge in [-0.2, -0.15) is 9.97 Å². The van der Waals surface area contributed by atoms with Crippen molar-refractivity contribution in [3.8, 4) is 0 Å². The van der Waals surface area contributed by atoms with E-state index in [1.807, 2.05) is 19.0 Å². The minimum Gasteiger partial charge on any atom is -0.355 e. The maximum absolute atomic E-state index is 12.4. The van der Waals surface area contributed by atoms with Crippen LogP contribution in [0.2, 0.25) is 5.28 Å². The van der Waals surface area contributed by atoms with E-state index in [0.29, 0.717) is 24.6 Å². The number of hydrogen-bond acceptors (Lipinski definition) is 6. The van der Waals surface area contributed by atoms with Crippen LogP contribution in [0, 0.1) is 5.92 Å². The standard InChI is InChI=1S/C15H22ClN7O/c1-22(2)7-5-17-14(24)10-4-3-6-23(8-10)13-11-12(19-9-18-11)20-15(16)21-13/h9-10H,3-8H2,1-2H3,(H,17,24)(H,18,19,20,21). The number of nitrogens with zero attached hydrogens (tertiary/aromatic N) is 5. The summed E-state index contributed by atoms with van der Waals surface area (Å²) in [5.74, 6) is 0.767. The number of piperidine rings is 1. The van der Waals surface area contributed by atoms with Crippen LogP contribution in [0.15, 0.2) is 6.33 Å². The van der Waals surface area contributed by atoms with E-state index in [0.717, 1.165) is 31.4 Å². The van der Waals surface area contributed by atoms with Crippen molar-refractivity contribution in [2.75, 3.05) is 45.2 Å². The van der Waals surface area contributed by atoms with E-state index in [1.165, 1.54) is 0 Å². The van der Waals surface area contributed by atoms with Crippen LogP contribution in [-0.4, -0.2) is 71.0 Å². The van der Waals surface area contributed by atoms with Crippen molar-refractivity contribution < 1.29 is 4.79 Å². The van der Waals surface area contributed by atoms with E-state index in [-0.39, 0.29) is 17.1 Å². The third-order valence-corrected chi connectivity index (χ3v) is 4.36. The molecule has 0 bridgehead atoms. The Hall–Kier alpha value is -1.93. The molecule has 8 nitrogen and oxygen atoms in total. The number of aromatic amines is 1. The molecule has 3 heterocycles. The zero-order chi connectivity index (χ0) is 17.1. The average molecular weight is 352 g/mol. The maximum Gasteiger partial charge on any atom is 0.226 e. The molecule has 2 aromatic heterocycles. The second-order valence-electron chi connectivity index (χ2n) is 6.30. The van der Waals surface area contributed by atoms with E-state index in [4.69, 9.17) is 11.6 Å². The molecule has 0 radical (unpaired) electrons. The molecule has 1 aliphatic rings. The molecule has 1 amide bonds. The van der Waals surface area contributed by atoms with E-state index in [9.17, 15) is 4.79 Å². The average Bonchev–Trinajstić information content (AvgIpc) is 3.02. The van der Waals surface area contributed by atoms with Crippen molar-refractivity contribution in [1.29, 1.82) is 0 Å². The Labute approximate surface area is 145 Å². The minimum absolute atomic E-state index is 0.0485. The first-order valence-electron chi connectivity index (χ1n) is 8.08. The molecule has 9 heteroatoms. The van der Waals surface area contributed by atoms with Crippen LogP contribution in [0.1, 0.15) is 12.8 Å². The zero-order valence-corrected chi connectivity index (χ0v) is 14.7. The number of fused-ring (bicyclic) bond motifs is 1. The number of anilines is 1. The highest BCUT2D eigenvalue weighted by Gasteiger charge is 2.28. The Morgan fingerprint density at radius 1 is 1.50 bits per heavy atom. The Kier molecular flexibility index (Phi) is 5.15. The highest BCUT2D eigenvalue weighted by molar-refractivity contribution is 6.28. The van der Waals surface area contributed by atoms with Gasteiger partial charge in [-0.15, -0.1) is 0 Å². The summed E-state index contributed by atoms with van der Waals surface area (Å²) in [7, 11) is 3.98. The topological polar surface area (TPSA) is 90.0 Å². The molecular weight excluding hydrogens is 330 g/mol. The van der Waals surface area contributed by atoms with Crippen molar-refractivity contribution in [2.45, 2.75) is 12.8 Å². The molecule has 1 fully saturated rings. The fourth-order valence-corrected chi connectivity index (χ4v) is 3.11. The van der Waals surface area contributed by atoms with Gasteiger partial charge < -0.3 is 20.1 Å². The fraction of sp³-hybridized carbons (Fsp3) is 0.600. The molecule has 1 saturated heterocycles. The van der Waals surface area contributed by atoms with E-state index in [1.54, 1.807) is 6.33 Å². The normalized spacial score (nSPS) is 18.3. The second kappa shape index (κ2) is 7.31. The first kappa shape index (κ1) is 16.9. The summed E-state index contributed by atoms with van der Waals surface area (Å²) in [5, 5.41) is 3.18. The summed E-state index contributed by atoms with van der Waals surface area (Å²) in [6.45, 7) is 2.95. The second-order valence-corrected chi connectivity index (χ2v) is 6.63. The van der Waals surface area contributed by atoms with Gasteiger partial charge in [-0.3, -0.25) is 4.79 Å². The zero-order valence-electron chi connectivity index (χ0n) is 13.9. The summed E-state index contributed by atoms with van der Waals surface area (Å²) >= 11 is 6.01. The number of aromatic nitrogens is 4. The maximum atomic E-state index is 12.4. The third kappa shape index (κ3) is 3.76. The van der Waals surface area contributed by atoms with Crippen LogP contribution in [0.3, 0.4) is 0 Å². The molecule has 130 valence electrons. The number of imidazole rings is 1. The lowest BCUT2D eigenvalue weighted by molar-refractivity contribution is -0.125. The molecule has 2 aromatic rings. The Balaban J connectivity index is 1.71. The quantitative estimate of drug-likeness (QED) is 0.778. The molecule has 0 spiro atoms. The molecular formula is C15H22ClN7O. The van der Waals surface area contributed by atoms with Gasteiger partial charge in [0.2, 0.25) is 11.2 Å². The van der Waals surface area contributed by atoms with Crippen molar-refractivity contribution in [3.63, 3.8) is 0 Å². The van der Waals surface area contributed by atoms with E-state index in [2.05, 4.69) is 30.2 Å². The number of rotatable bonds is 5. The highest BCUT2D eigenvalue weighted by Crippen LogP contribution is 2.27. The summed E-state index contributed by atoms with van der Waals surface area (Å²) in [4.78, 5) is 32.2. The van der Waals surface area contributed by atoms with Crippen molar-refractivity contribution in [2.24, 2.45) is 5.92 Å². The monoisotopic (exact) mass is 351 g/mol. The number of amides is 1. The van der Waals surface area contributed by atoms with E-state index >= 15 is 0 Å². The molecule has 1 atom stereocenters. The molecule has 2 N–H and O–H groups in total. The van der Waals surface area contributed by atoms with E-state index < -0.39 is 0 Å². The molecule has 1 aliphatic heterocycles. The number of likely N-dealkylation sites (N-methyl/N-ethyl adjacent to an activating group) is 1. The molecule has 0 aromatic carbocycles. The van der Waals surface area contributed by atoms with Crippen molar-refractivity contribution in [1.82, 2.24) is 30.2 Å². The predicted octanol–water partition coefficient (Wildman–Crippen LogP) is 0.900. The van der Waals surface area contributed by atoms with Crippen LogP contribution in [0.25, 0.3) is 11.2 Å². The Bertz CT molecular complexity index is 717. The van der Waals surface area contributed by atoms with Gasteiger partial charge in [0.1, 0.15) is 5.52 Å². The largest absolute Gasteiger partial charge is 0.355 e. The molecule has 1 unspecified atom stereocenters. The van der Waals surface area contributed by atoms with Crippen molar-refractivity contribution >= 4 is 34.5 Å². The first-order valence-corrected chi connectivity index (χ1v) is 8.46.